The molecule has 7 heteroatoms. The second kappa shape index (κ2) is 9.24. The van der Waals surface area contributed by atoms with E-state index in [1.54, 1.807) is 11.3 Å². The van der Waals surface area contributed by atoms with Crippen LogP contribution in [0.1, 0.15) is 30.6 Å². The zero-order valence-corrected chi connectivity index (χ0v) is 15.3. The van der Waals surface area contributed by atoms with Crippen molar-refractivity contribution in [3.63, 3.8) is 0 Å². The van der Waals surface area contributed by atoms with Gasteiger partial charge in [0.2, 0.25) is 0 Å². The van der Waals surface area contributed by atoms with Crippen LogP contribution in [0.3, 0.4) is 0 Å². The summed E-state index contributed by atoms with van der Waals surface area (Å²) >= 11 is 1.61. The molecule has 0 spiro atoms. The number of hydrogen-bond acceptors (Lipinski definition) is 4. The van der Waals surface area contributed by atoms with Crippen LogP contribution in [-0.4, -0.2) is 24.3 Å². The van der Waals surface area contributed by atoms with E-state index in [1.165, 1.54) is 0 Å². The minimum absolute atomic E-state index is 0.0154. The van der Waals surface area contributed by atoms with Gasteiger partial charge >= 0.3 is 12.1 Å². The normalized spacial score (nSPS) is 19.4. The number of benzene rings is 1. The number of anilines is 1. The predicted octanol–water partition coefficient (Wildman–Crippen LogP) is 4.11. The molecular formula is C19H23N3O3S. The summed E-state index contributed by atoms with van der Waals surface area (Å²) in [4.78, 5) is 25.2. The minimum atomic E-state index is -0.455. The first kappa shape index (κ1) is 18.3. The van der Waals surface area contributed by atoms with Crippen molar-refractivity contribution in [3.8, 4) is 0 Å². The van der Waals surface area contributed by atoms with Crippen LogP contribution in [0.2, 0.25) is 0 Å². The molecule has 1 aromatic heterocycles. The second-order valence-electron chi connectivity index (χ2n) is 6.29. The van der Waals surface area contributed by atoms with Gasteiger partial charge in [0.1, 0.15) is 6.10 Å². The Labute approximate surface area is 156 Å². The molecule has 0 aliphatic heterocycles. The molecule has 26 heavy (non-hydrogen) atoms. The van der Waals surface area contributed by atoms with Gasteiger partial charge in [0.15, 0.2) is 0 Å². The largest absolute Gasteiger partial charge is 0.446 e. The molecule has 3 amide bonds. The average Bonchev–Trinajstić information content (AvgIpc) is 3.14. The van der Waals surface area contributed by atoms with Crippen LogP contribution in [-0.2, 0) is 11.3 Å². The molecule has 0 bridgehead atoms. The number of ether oxygens (including phenoxy) is 1. The minimum Gasteiger partial charge on any atom is -0.446 e. The predicted molar refractivity (Wildman–Crippen MR) is 102 cm³/mol. The molecule has 6 nitrogen and oxygen atoms in total. The standard InChI is InChI=1S/C19H23N3O3S/c23-18(20-13-17-10-5-11-26-17)21-15-8-4-9-16(12-15)25-19(24)22-14-6-2-1-3-7-14/h1-3,5-7,10-11,15-16H,4,8-9,12-13H2,(H,22,24)(H2,20,21,23)/t15-,16-/m1/s1. The lowest BCUT2D eigenvalue weighted by molar-refractivity contribution is 0.0776. The third-order valence-electron chi connectivity index (χ3n) is 4.26. The topological polar surface area (TPSA) is 79.5 Å². The molecule has 0 saturated heterocycles. The van der Waals surface area contributed by atoms with E-state index < -0.39 is 6.09 Å². The van der Waals surface area contributed by atoms with E-state index >= 15 is 0 Å². The highest BCUT2D eigenvalue weighted by molar-refractivity contribution is 7.09. The molecule has 2 atom stereocenters. The van der Waals surface area contributed by atoms with E-state index in [4.69, 9.17) is 4.74 Å². The fourth-order valence-electron chi connectivity index (χ4n) is 3.02. The number of hydrogen-bond donors (Lipinski definition) is 3. The average molecular weight is 373 g/mol. The van der Waals surface area contributed by atoms with Gasteiger partial charge < -0.3 is 15.4 Å². The van der Waals surface area contributed by atoms with Gasteiger partial charge in [-0.25, -0.2) is 9.59 Å². The number of rotatable bonds is 5. The maximum Gasteiger partial charge on any atom is 0.411 e. The quantitative estimate of drug-likeness (QED) is 0.738. The van der Waals surface area contributed by atoms with Gasteiger partial charge in [-0.1, -0.05) is 24.3 Å². The highest BCUT2D eigenvalue weighted by atomic mass is 32.1. The Morgan fingerprint density at radius 2 is 1.96 bits per heavy atom. The summed E-state index contributed by atoms with van der Waals surface area (Å²) in [5, 5.41) is 10.5. The van der Waals surface area contributed by atoms with Crippen LogP contribution in [0.5, 0.6) is 0 Å². The lowest BCUT2D eigenvalue weighted by atomic mass is 9.93. The number of amides is 3. The molecule has 0 unspecified atom stereocenters. The molecule has 3 N–H and O–H groups in total. The molecular weight excluding hydrogens is 350 g/mol. The zero-order chi connectivity index (χ0) is 18.2. The van der Waals surface area contributed by atoms with Crippen molar-refractivity contribution < 1.29 is 14.3 Å². The van der Waals surface area contributed by atoms with E-state index in [2.05, 4.69) is 16.0 Å². The molecule has 2 aromatic rings. The monoisotopic (exact) mass is 373 g/mol. The van der Waals surface area contributed by atoms with E-state index in [1.807, 2.05) is 47.8 Å². The number of carbonyl (C=O) groups excluding carboxylic acids is 2. The summed E-state index contributed by atoms with van der Waals surface area (Å²) in [5.41, 5.74) is 0.705. The Balaban J connectivity index is 1.40. The molecule has 1 aromatic carbocycles. The van der Waals surface area contributed by atoms with Gasteiger partial charge in [0, 0.05) is 23.0 Å². The number of para-hydroxylation sites is 1. The third-order valence-corrected chi connectivity index (χ3v) is 5.13. The maximum atomic E-state index is 12.0. The maximum absolute atomic E-state index is 12.0. The molecule has 1 heterocycles. The summed E-state index contributed by atoms with van der Waals surface area (Å²) in [6.45, 7) is 0.523. The van der Waals surface area contributed by atoms with Crippen LogP contribution >= 0.6 is 11.3 Å². The zero-order valence-electron chi connectivity index (χ0n) is 14.4. The summed E-state index contributed by atoms with van der Waals surface area (Å²) < 4.78 is 5.51. The summed E-state index contributed by atoms with van der Waals surface area (Å²) in [6.07, 6.45) is 2.62. The highest BCUT2D eigenvalue weighted by Crippen LogP contribution is 2.22. The van der Waals surface area contributed by atoms with Crippen LogP contribution < -0.4 is 16.0 Å². The van der Waals surface area contributed by atoms with E-state index in [0.29, 0.717) is 18.7 Å². The number of carbonyl (C=O) groups is 2. The molecule has 1 aliphatic carbocycles. The Bertz CT molecular complexity index is 706. The second-order valence-corrected chi connectivity index (χ2v) is 7.32. The number of thiophene rings is 1. The third kappa shape index (κ3) is 5.77. The van der Waals surface area contributed by atoms with Crippen molar-refractivity contribution in [1.82, 2.24) is 10.6 Å². The van der Waals surface area contributed by atoms with Gasteiger partial charge in [-0.2, -0.15) is 0 Å². The SMILES string of the molecule is O=C(NCc1cccs1)N[C@@H]1CCC[C@@H](OC(=O)Nc2ccccc2)C1. The first-order chi connectivity index (χ1) is 12.7. The summed E-state index contributed by atoms with van der Waals surface area (Å²) in [6, 6.07) is 13.0. The van der Waals surface area contributed by atoms with E-state index in [-0.39, 0.29) is 18.2 Å². The smallest absolute Gasteiger partial charge is 0.411 e. The lowest BCUT2D eigenvalue weighted by Crippen LogP contribution is -2.45. The molecule has 3 rings (SSSR count). The first-order valence-corrected chi connectivity index (χ1v) is 9.66. The lowest BCUT2D eigenvalue weighted by Gasteiger charge is -2.29. The van der Waals surface area contributed by atoms with Gasteiger partial charge in [-0.05, 0) is 42.8 Å². The Morgan fingerprint density at radius 3 is 2.73 bits per heavy atom. The highest BCUT2D eigenvalue weighted by Gasteiger charge is 2.26. The Hall–Kier alpha value is -2.54. The number of urea groups is 1. The first-order valence-electron chi connectivity index (χ1n) is 8.78. The van der Waals surface area contributed by atoms with Gasteiger partial charge in [-0.3, -0.25) is 5.32 Å². The van der Waals surface area contributed by atoms with Crippen molar-refractivity contribution in [2.24, 2.45) is 0 Å². The van der Waals surface area contributed by atoms with Crippen LogP contribution in [0, 0.1) is 0 Å². The fourth-order valence-corrected chi connectivity index (χ4v) is 3.66. The van der Waals surface area contributed by atoms with Crippen molar-refractivity contribution in [2.45, 2.75) is 44.4 Å². The van der Waals surface area contributed by atoms with Crippen LogP contribution in [0.4, 0.5) is 15.3 Å². The Kier molecular flexibility index (Phi) is 6.49. The van der Waals surface area contributed by atoms with Crippen molar-refractivity contribution >= 4 is 29.1 Å². The van der Waals surface area contributed by atoms with Crippen LogP contribution in [0.15, 0.2) is 47.8 Å². The van der Waals surface area contributed by atoms with Crippen molar-refractivity contribution in [1.29, 1.82) is 0 Å². The summed E-state index contributed by atoms with van der Waals surface area (Å²) in [5.74, 6) is 0. The van der Waals surface area contributed by atoms with E-state index in [9.17, 15) is 9.59 Å². The van der Waals surface area contributed by atoms with Crippen molar-refractivity contribution in [2.75, 3.05) is 5.32 Å². The Morgan fingerprint density at radius 1 is 1.12 bits per heavy atom. The molecule has 1 aliphatic rings. The number of nitrogens with one attached hydrogen (secondary N) is 3. The summed E-state index contributed by atoms with van der Waals surface area (Å²) in [7, 11) is 0. The molecule has 138 valence electrons. The van der Waals surface area contributed by atoms with Crippen LogP contribution in [0.25, 0.3) is 0 Å². The molecule has 1 saturated carbocycles. The van der Waals surface area contributed by atoms with Gasteiger partial charge in [0.05, 0.1) is 6.54 Å². The molecule has 0 radical (unpaired) electrons. The van der Waals surface area contributed by atoms with Gasteiger partial charge in [-0.15, -0.1) is 11.3 Å². The van der Waals surface area contributed by atoms with Gasteiger partial charge in [0.25, 0.3) is 0 Å². The van der Waals surface area contributed by atoms with E-state index in [0.717, 1.165) is 24.1 Å². The molecule has 1 fully saturated rings. The van der Waals surface area contributed by atoms with Crippen molar-refractivity contribution in [3.05, 3.63) is 52.7 Å². The fraction of sp³-hybridized carbons (Fsp3) is 0.368.